The van der Waals surface area contributed by atoms with Gasteiger partial charge in [-0.25, -0.2) is 9.36 Å². The summed E-state index contributed by atoms with van der Waals surface area (Å²) < 4.78 is 10.2. The molecule has 1 N–H and O–H groups in total. The summed E-state index contributed by atoms with van der Waals surface area (Å²) in [5.74, 6) is 0. The van der Waals surface area contributed by atoms with Crippen molar-refractivity contribution in [3.63, 3.8) is 0 Å². The summed E-state index contributed by atoms with van der Waals surface area (Å²) in [5.41, 5.74) is 1.96. The summed E-state index contributed by atoms with van der Waals surface area (Å²) in [6, 6.07) is 24.5. The van der Waals surface area contributed by atoms with Gasteiger partial charge in [-0.05, 0) is 18.1 Å². The highest BCUT2D eigenvalue weighted by Gasteiger charge is 2.37. The number of nitrogens with one attached hydrogen (secondary N) is 1. The van der Waals surface area contributed by atoms with Gasteiger partial charge in [-0.15, -0.1) is 0 Å². The zero-order valence-corrected chi connectivity index (χ0v) is 19.3. The van der Waals surface area contributed by atoms with Crippen molar-refractivity contribution in [3.8, 4) is 0 Å². The van der Waals surface area contributed by atoms with Gasteiger partial charge >= 0.3 is 5.69 Å². The molecule has 0 saturated heterocycles. The minimum Gasteiger partial charge on any atom is -0.357 e. The highest BCUT2D eigenvalue weighted by Crippen LogP contribution is 2.40. The van der Waals surface area contributed by atoms with Gasteiger partial charge in [-0.1, -0.05) is 72.8 Å². The lowest BCUT2D eigenvalue weighted by Crippen LogP contribution is -2.35. The molecule has 2 heterocycles. The van der Waals surface area contributed by atoms with E-state index < -0.39 is 11.3 Å². The quantitative estimate of drug-likeness (QED) is 0.328. The second-order valence-corrected chi connectivity index (χ2v) is 8.17. The van der Waals surface area contributed by atoms with Crippen LogP contribution in [0, 0.1) is 6.92 Å². The molecule has 172 valence electrons. The Hall–Kier alpha value is -4.03. The van der Waals surface area contributed by atoms with E-state index in [0.29, 0.717) is 18.7 Å². The van der Waals surface area contributed by atoms with Gasteiger partial charge in [-0.2, -0.15) is 0 Å². The highest BCUT2D eigenvalue weighted by molar-refractivity contribution is 5.46. The first-order chi connectivity index (χ1) is 16.5. The Balaban J connectivity index is 1.68. The van der Waals surface area contributed by atoms with Crippen molar-refractivity contribution in [2.75, 3.05) is 6.61 Å². The molecule has 6 heteroatoms. The van der Waals surface area contributed by atoms with E-state index in [1.165, 1.54) is 4.57 Å². The molecule has 2 aromatic carbocycles. The van der Waals surface area contributed by atoms with E-state index in [1.54, 1.807) is 13.1 Å². The third-order valence-corrected chi connectivity index (χ3v) is 5.80. The predicted molar refractivity (Wildman–Crippen MR) is 132 cm³/mol. The van der Waals surface area contributed by atoms with Crippen LogP contribution in [0.4, 0.5) is 0 Å². The second-order valence-electron chi connectivity index (χ2n) is 8.17. The summed E-state index contributed by atoms with van der Waals surface area (Å²) in [6.45, 7) is 2.34. The number of aromatic nitrogens is 3. The van der Waals surface area contributed by atoms with Crippen LogP contribution in [0.1, 0.15) is 22.3 Å². The third kappa shape index (κ3) is 4.82. The maximum absolute atomic E-state index is 12.0. The molecule has 0 amide bonds. The second kappa shape index (κ2) is 10.3. The van der Waals surface area contributed by atoms with E-state index in [9.17, 15) is 9.59 Å². The molecule has 34 heavy (non-hydrogen) atoms. The van der Waals surface area contributed by atoms with Crippen molar-refractivity contribution in [1.82, 2.24) is 9.55 Å². The van der Waals surface area contributed by atoms with Crippen molar-refractivity contribution in [1.29, 1.82) is 0 Å². The van der Waals surface area contributed by atoms with Gasteiger partial charge in [0.2, 0.25) is 0 Å². The fraction of sp³-hybridized carbons (Fsp3) is 0.179. The third-order valence-electron chi connectivity index (χ3n) is 5.80. The monoisotopic (exact) mass is 454 g/mol. The Bertz CT molecular complexity index is 1330. The van der Waals surface area contributed by atoms with Crippen LogP contribution in [-0.4, -0.2) is 16.2 Å². The zero-order valence-electron chi connectivity index (χ0n) is 19.3. The average Bonchev–Trinajstić information content (AvgIpc) is 2.86. The molecule has 0 unspecified atom stereocenters. The number of allylic oxidation sites excluding steroid dienone is 1. The molecule has 0 aliphatic carbocycles. The number of ether oxygens (including phenoxy) is 1. The minimum atomic E-state index is -0.813. The number of aromatic amines is 1. The van der Waals surface area contributed by atoms with Crippen LogP contribution in [0.25, 0.3) is 0 Å². The number of pyridine rings is 1. The summed E-state index contributed by atoms with van der Waals surface area (Å²) in [7, 11) is 1.99. The molecule has 0 fully saturated rings. The van der Waals surface area contributed by atoms with Crippen LogP contribution in [0.3, 0.4) is 0 Å². The summed E-state index contributed by atoms with van der Waals surface area (Å²) in [4.78, 5) is 26.0. The standard InChI is InChI=1S/C28H27N3O3/c1-22-21-31(27(33)29-26(22)32)17-9-10-20-34-28(23-11-5-3-6-12-23,24-13-7-4-8-14-24)25-15-18-30(2)19-16-25/h3-16,18-19,21H,17,20H2,1-2H3/p+1/b10-9-. The first-order valence-corrected chi connectivity index (χ1v) is 11.2. The number of hydrogen-bond donors (Lipinski definition) is 1. The number of benzene rings is 2. The van der Waals surface area contributed by atoms with Crippen LogP contribution in [0.5, 0.6) is 0 Å². The van der Waals surface area contributed by atoms with Crippen LogP contribution in [0.15, 0.2) is 113 Å². The van der Waals surface area contributed by atoms with Gasteiger partial charge in [0.05, 0.1) is 6.61 Å². The summed E-state index contributed by atoms with van der Waals surface area (Å²) in [6.07, 6.45) is 9.36. The molecule has 0 aliphatic heterocycles. The fourth-order valence-electron chi connectivity index (χ4n) is 4.01. The molecule has 0 radical (unpaired) electrons. The topological polar surface area (TPSA) is 68.0 Å². The van der Waals surface area contributed by atoms with Crippen molar-refractivity contribution in [3.05, 3.63) is 147 Å². The Kier molecular flexibility index (Phi) is 6.99. The van der Waals surface area contributed by atoms with Crippen molar-refractivity contribution in [2.24, 2.45) is 7.05 Å². The Morgan fingerprint density at radius 3 is 2.03 bits per heavy atom. The normalized spacial score (nSPS) is 11.7. The molecule has 0 saturated carbocycles. The van der Waals surface area contributed by atoms with E-state index in [1.807, 2.05) is 72.6 Å². The van der Waals surface area contributed by atoms with E-state index in [0.717, 1.165) is 16.7 Å². The molecule has 2 aromatic heterocycles. The number of aryl methyl sites for hydroxylation is 2. The SMILES string of the molecule is Cc1cn(C/C=C\COC(c2ccccc2)(c2ccccc2)c2cc[n+](C)cc2)c(=O)[nH]c1=O. The molecular formula is C28H28N3O3+. The number of H-pyrrole nitrogens is 1. The molecule has 0 atom stereocenters. The molecule has 4 aromatic rings. The van der Waals surface area contributed by atoms with Gasteiger partial charge in [0.15, 0.2) is 12.4 Å². The lowest BCUT2D eigenvalue weighted by atomic mass is 9.80. The van der Waals surface area contributed by atoms with Crippen molar-refractivity contribution >= 4 is 0 Å². The van der Waals surface area contributed by atoms with Crippen LogP contribution >= 0.6 is 0 Å². The van der Waals surface area contributed by atoms with Crippen LogP contribution in [0.2, 0.25) is 0 Å². The lowest BCUT2D eigenvalue weighted by molar-refractivity contribution is -0.671. The van der Waals surface area contributed by atoms with Crippen molar-refractivity contribution in [2.45, 2.75) is 19.1 Å². The maximum atomic E-state index is 12.0. The predicted octanol–water partition coefficient (Wildman–Crippen LogP) is 3.23. The van der Waals surface area contributed by atoms with Gasteiger partial charge in [0.25, 0.3) is 5.56 Å². The fourth-order valence-corrected chi connectivity index (χ4v) is 4.01. The van der Waals surface area contributed by atoms with E-state index in [-0.39, 0.29) is 5.56 Å². The molecule has 0 bridgehead atoms. The minimum absolute atomic E-state index is 0.321. The number of hydrogen-bond acceptors (Lipinski definition) is 3. The average molecular weight is 455 g/mol. The van der Waals surface area contributed by atoms with Gasteiger partial charge in [0.1, 0.15) is 12.6 Å². The molecule has 0 aliphatic rings. The zero-order chi connectivity index (χ0) is 24.0. The summed E-state index contributed by atoms with van der Waals surface area (Å²) >= 11 is 0. The lowest BCUT2D eigenvalue weighted by Gasteiger charge is -2.35. The Morgan fingerprint density at radius 1 is 0.882 bits per heavy atom. The van der Waals surface area contributed by atoms with Crippen LogP contribution < -0.4 is 15.8 Å². The number of nitrogens with zero attached hydrogens (tertiary/aromatic N) is 2. The first-order valence-electron chi connectivity index (χ1n) is 11.2. The molecule has 4 rings (SSSR count). The smallest absolute Gasteiger partial charge is 0.328 e. The largest absolute Gasteiger partial charge is 0.357 e. The van der Waals surface area contributed by atoms with E-state index >= 15 is 0 Å². The van der Waals surface area contributed by atoms with Crippen molar-refractivity contribution < 1.29 is 9.30 Å². The van der Waals surface area contributed by atoms with E-state index in [2.05, 4.69) is 41.4 Å². The molecular weight excluding hydrogens is 426 g/mol. The summed E-state index contributed by atoms with van der Waals surface area (Å²) in [5, 5.41) is 0. The first kappa shape index (κ1) is 23.1. The molecule has 6 nitrogen and oxygen atoms in total. The van der Waals surface area contributed by atoms with Gasteiger partial charge in [-0.3, -0.25) is 14.3 Å². The maximum Gasteiger partial charge on any atom is 0.328 e. The Morgan fingerprint density at radius 2 is 1.44 bits per heavy atom. The number of rotatable bonds is 8. The highest BCUT2D eigenvalue weighted by atomic mass is 16.5. The van der Waals surface area contributed by atoms with Crippen LogP contribution in [-0.2, 0) is 23.9 Å². The van der Waals surface area contributed by atoms with Gasteiger partial charge < -0.3 is 4.74 Å². The molecule has 0 spiro atoms. The van der Waals surface area contributed by atoms with Gasteiger partial charge in [0, 0.05) is 36.0 Å². The van der Waals surface area contributed by atoms with E-state index in [4.69, 9.17) is 4.74 Å². The Labute approximate surface area is 198 Å².